The predicted molar refractivity (Wildman–Crippen MR) is 167 cm³/mol. The maximum absolute atomic E-state index is 2.43. The SMILES string of the molecule is C/C=C\C=C(/C)C(C)CC(C)(C)CC(C)CCC.CC.CC1CC(C)(C)CC(C)(C)C1.CCCC. The Morgan fingerprint density at radius 1 is 0.886 bits per heavy atom. The lowest BCUT2D eigenvalue weighted by Gasteiger charge is -2.44. The smallest absolute Gasteiger partial charge is 0.0226 e. The average molecular weight is 493 g/mol. The van der Waals surface area contributed by atoms with Crippen LogP contribution in [0.1, 0.15) is 169 Å². The summed E-state index contributed by atoms with van der Waals surface area (Å²) in [7, 11) is 0. The molecule has 1 aliphatic rings. The minimum Gasteiger partial charge on any atom is -0.0877 e. The summed E-state index contributed by atoms with van der Waals surface area (Å²) < 4.78 is 0. The van der Waals surface area contributed by atoms with Gasteiger partial charge in [0.25, 0.3) is 0 Å². The maximum atomic E-state index is 2.43. The lowest BCUT2D eigenvalue weighted by molar-refractivity contribution is 0.0754. The Labute approximate surface area is 226 Å². The second-order valence-corrected chi connectivity index (χ2v) is 13.8. The van der Waals surface area contributed by atoms with E-state index in [1.165, 1.54) is 63.4 Å². The molecule has 0 N–H and O–H groups in total. The number of rotatable bonds is 9. The third kappa shape index (κ3) is 23.6. The molecule has 0 nitrogen and oxygen atoms in total. The molecule has 35 heavy (non-hydrogen) atoms. The maximum Gasteiger partial charge on any atom is -0.0226 e. The van der Waals surface area contributed by atoms with Gasteiger partial charge < -0.3 is 0 Å². The van der Waals surface area contributed by atoms with Crippen LogP contribution in [-0.2, 0) is 0 Å². The van der Waals surface area contributed by atoms with Crippen molar-refractivity contribution >= 4 is 0 Å². The first-order valence-corrected chi connectivity index (χ1v) is 15.3. The van der Waals surface area contributed by atoms with Crippen LogP contribution in [0.4, 0.5) is 0 Å². The van der Waals surface area contributed by atoms with Crippen molar-refractivity contribution < 1.29 is 0 Å². The summed E-state index contributed by atoms with van der Waals surface area (Å²) in [6, 6.07) is 0. The highest BCUT2D eigenvalue weighted by molar-refractivity contribution is 5.12. The summed E-state index contributed by atoms with van der Waals surface area (Å²) >= 11 is 0. The van der Waals surface area contributed by atoms with E-state index in [2.05, 4.69) is 115 Å². The summed E-state index contributed by atoms with van der Waals surface area (Å²) in [5.41, 5.74) is 3.13. The first-order valence-electron chi connectivity index (χ1n) is 15.3. The average Bonchev–Trinajstić information content (AvgIpc) is 2.70. The molecule has 0 aromatic carbocycles. The van der Waals surface area contributed by atoms with Crippen molar-refractivity contribution in [1.29, 1.82) is 0 Å². The van der Waals surface area contributed by atoms with Crippen molar-refractivity contribution in [2.75, 3.05) is 0 Å². The van der Waals surface area contributed by atoms with E-state index in [-0.39, 0.29) is 0 Å². The van der Waals surface area contributed by atoms with Gasteiger partial charge in [-0.05, 0) is 80.0 Å². The Hall–Kier alpha value is -0.520. The third-order valence-electron chi connectivity index (χ3n) is 7.13. The number of hydrogen-bond acceptors (Lipinski definition) is 0. The Bertz CT molecular complexity index is 510. The van der Waals surface area contributed by atoms with Crippen LogP contribution in [-0.4, -0.2) is 0 Å². The molecule has 0 heterocycles. The van der Waals surface area contributed by atoms with Crippen molar-refractivity contribution in [1.82, 2.24) is 0 Å². The van der Waals surface area contributed by atoms with Gasteiger partial charge in [-0.1, -0.05) is 146 Å². The largest absolute Gasteiger partial charge is 0.0877 e. The van der Waals surface area contributed by atoms with Crippen molar-refractivity contribution in [2.45, 2.75) is 169 Å². The molecule has 1 fully saturated rings. The molecule has 1 aliphatic carbocycles. The van der Waals surface area contributed by atoms with Crippen molar-refractivity contribution in [3.05, 3.63) is 23.8 Å². The summed E-state index contributed by atoms with van der Waals surface area (Å²) in [6.07, 6.45) is 18.7. The Morgan fingerprint density at radius 2 is 1.34 bits per heavy atom. The molecule has 2 unspecified atom stereocenters. The molecule has 0 spiro atoms. The minimum absolute atomic E-state index is 0.457. The van der Waals surface area contributed by atoms with E-state index in [1.807, 2.05) is 13.8 Å². The predicted octanol–water partition coefficient (Wildman–Crippen LogP) is 13.1. The monoisotopic (exact) mass is 493 g/mol. The summed E-state index contributed by atoms with van der Waals surface area (Å²) in [5.74, 6) is 2.47. The molecule has 0 saturated heterocycles. The second kappa shape index (κ2) is 20.5. The molecular formula is C35H72. The zero-order valence-electron chi connectivity index (χ0n) is 27.8. The highest BCUT2D eigenvalue weighted by atomic mass is 14.4. The van der Waals surface area contributed by atoms with Gasteiger partial charge in [-0.3, -0.25) is 0 Å². The van der Waals surface area contributed by atoms with E-state index in [4.69, 9.17) is 0 Å². The molecule has 2 atom stereocenters. The standard InChI is InChI=1S/C18H34.C11H22.C4H10.C2H6/c1-8-10-12-16(4)17(5)14-18(6,7)13-15(3)11-9-2;1-9-6-10(2,3)8-11(4,5)7-9;1-3-4-2;1-2/h8,10,12,15,17H,9,11,13-14H2,1-7H3;9H,6-8H2,1-5H3;3-4H2,1-2H3;1-2H3/b10-8-,16-12+;;;. The van der Waals surface area contributed by atoms with Crippen LogP contribution >= 0.6 is 0 Å². The molecule has 0 amide bonds. The summed E-state index contributed by atoms with van der Waals surface area (Å²) in [6.45, 7) is 36.6. The van der Waals surface area contributed by atoms with Gasteiger partial charge in [-0.15, -0.1) is 0 Å². The first-order chi connectivity index (χ1) is 16.0. The van der Waals surface area contributed by atoms with E-state index < -0.39 is 0 Å². The zero-order chi connectivity index (χ0) is 28.3. The van der Waals surface area contributed by atoms with Gasteiger partial charge in [0.15, 0.2) is 0 Å². The Balaban J connectivity index is -0.000000507. The minimum atomic E-state index is 0.457. The zero-order valence-corrected chi connectivity index (χ0v) is 27.8. The Morgan fingerprint density at radius 3 is 1.69 bits per heavy atom. The fourth-order valence-corrected chi connectivity index (χ4v) is 6.42. The van der Waals surface area contributed by atoms with Crippen molar-refractivity contribution in [2.24, 2.45) is 34.0 Å². The molecule has 212 valence electrons. The lowest BCUT2D eigenvalue weighted by Crippen LogP contribution is -2.32. The summed E-state index contributed by atoms with van der Waals surface area (Å²) in [4.78, 5) is 0. The van der Waals surface area contributed by atoms with E-state index in [0.29, 0.717) is 22.2 Å². The van der Waals surface area contributed by atoms with Crippen LogP contribution in [0.3, 0.4) is 0 Å². The van der Waals surface area contributed by atoms with Gasteiger partial charge in [0.05, 0.1) is 0 Å². The molecule has 0 radical (unpaired) electrons. The molecule has 1 saturated carbocycles. The molecular weight excluding hydrogens is 420 g/mol. The normalized spacial score (nSPS) is 19.4. The van der Waals surface area contributed by atoms with E-state index in [1.54, 1.807) is 0 Å². The van der Waals surface area contributed by atoms with Gasteiger partial charge in [-0.25, -0.2) is 0 Å². The molecule has 0 bridgehead atoms. The van der Waals surface area contributed by atoms with E-state index >= 15 is 0 Å². The molecule has 0 aromatic heterocycles. The van der Waals surface area contributed by atoms with E-state index in [9.17, 15) is 0 Å². The number of allylic oxidation sites excluding steroid dienone is 4. The van der Waals surface area contributed by atoms with Gasteiger partial charge in [-0.2, -0.15) is 0 Å². The lowest BCUT2D eigenvalue weighted by atomic mass is 9.62. The molecule has 0 aromatic rings. The van der Waals surface area contributed by atoms with Crippen LogP contribution in [0, 0.1) is 34.0 Å². The quantitative estimate of drug-likeness (QED) is 0.281. The highest BCUT2D eigenvalue weighted by Crippen LogP contribution is 2.47. The van der Waals surface area contributed by atoms with Gasteiger partial charge in [0, 0.05) is 0 Å². The first kappa shape index (κ1) is 39.0. The van der Waals surface area contributed by atoms with Crippen molar-refractivity contribution in [3.8, 4) is 0 Å². The van der Waals surface area contributed by atoms with Crippen LogP contribution in [0.2, 0.25) is 0 Å². The topological polar surface area (TPSA) is 0 Å². The van der Waals surface area contributed by atoms with Crippen LogP contribution in [0.25, 0.3) is 0 Å². The summed E-state index contributed by atoms with van der Waals surface area (Å²) in [5, 5.41) is 0. The number of hydrogen-bond donors (Lipinski definition) is 0. The molecule has 0 heteroatoms. The number of unbranched alkanes of at least 4 members (excludes halogenated alkanes) is 1. The van der Waals surface area contributed by atoms with Gasteiger partial charge in [0.1, 0.15) is 0 Å². The Kier molecular flexibility index (Phi) is 22.9. The second-order valence-electron chi connectivity index (χ2n) is 13.8. The van der Waals surface area contributed by atoms with Gasteiger partial charge in [0.2, 0.25) is 0 Å². The van der Waals surface area contributed by atoms with Gasteiger partial charge >= 0.3 is 0 Å². The van der Waals surface area contributed by atoms with Crippen LogP contribution in [0.15, 0.2) is 23.8 Å². The third-order valence-corrected chi connectivity index (χ3v) is 7.13. The van der Waals surface area contributed by atoms with Crippen LogP contribution < -0.4 is 0 Å². The molecule has 0 aliphatic heterocycles. The van der Waals surface area contributed by atoms with E-state index in [0.717, 1.165) is 11.8 Å². The van der Waals surface area contributed by atoms with Crippen LogP contribution in [0.5, 0.6) is 0 Å². The highest BCUT2D eigenvalue weighted by Gasteiger charge is 2.36. The fraction of sp³-hybridized carbons (Fsp3) is 0.886. The fourth-order valence-electron chi connectivity index (χ4n) is 6.42. The van der Waals surface area contributed by atoms with Crippen molar-refractivity contribution in [3.63, 3.8) is 0 Å². The molecule has 1 rings (SSSR count).